The monoisotopic (exact) mass is 274 g/mol. The van der Waals surface area contributed by atoms with Crippen LogP contribution in [0.5, 0.6) is 0 Å². The molecule has 3 aromatic rings. The second kappa shape index (κ2) is 4.26. The fraction of sp³-hybridized carbons (Fsp3) is 0.158. The quantitative estimate of drug-likeness (QED) is 0.635. The summed E-state index contributed by atoms with van der Waals surface area (Å²) >= 11 is 0. The molecule has 0 bridgehead atoms. The predicted octanol–water partition coefficient (Wildman–Crippen LogP) is 4.48. The van der Waals surface area contributed by atoms with E-state index < -0.39 is 0 Å². The second-order valence-electron chi connectivity index (χ2n) is 5.86. The summed E-state index contributed by atoms with van der Waals surface area (Å²) in [4.78, 5) is 2.30. The summed E-state index contributed by atoms with van der Waals surface area (Å²) in [7, 11) is 2.08. The minimum absolute atomic E-state index is 0.911. The van der Waals surface area contributed by atoms with Gasteiger partial charge in [0, 0.05) is 47.6 Å². The van der Waals surface area contributed by atoms with Crippen LogP contribution in [0.1, 0.15) is 16.7 Å². The lowest BCUT2D eigenvalue weighted by atomic mass is 10.1. The van der Waals surface area contributed by atoms with Crippen molar-refractivity contribution in [3.63, 3.8) is 0 Å². The molecule has 1 aliphatic heterocycles. The molecule has 21 heavy (non-hydrogen) atoms. The topological polar surface area (TPSA) is 8.17 Å². The maximum Gasteiger partial charge on any atom is 0.0488 e. The zero-order chi connectivity index (χ0) is 14.6. The molecule has 0 atom stereocenters. The highest BCUT2D eigenvalue weighted by Crippen LogP contribution is 2.37. The molecule has 4 rings (SSSR count). The van der Waals surface area contributed by atoms with Gasteiger partial charge < -0.3 is 9.47 Å². The van der Waals surface area contributed by atoms with Crippen LogP contribution in [-0.2, 0) is 13.6 Å². The van der Waals surface area contributed by atoms with Crippen molar-refractivity contribution in [1.29, 1.82) is 0 Å². The lowest BCUT2D eigenvalue weighted by Crippen LogP contribution is -2.12. The normalized spacial score (nSPS) is 14.0. The van der Waals surface area contributed by atoms with Crippen LogP contribution in [0.3, 0.4) is 0 Å². The molecule has 1 aromatic heterocycles. The summed E-state index contributed by atoms with van der Waals surface area (Å²) in [5, 5.41) is 1.27. The van der Waals surface area contributed by atoms with Crippen molar-refractivity contribution in [1.82, 2.24) is 4.57 Å². The predicted molar refractivity (Wildman–Crippen MR) is 89.3 cm³/mol. The Labute approximate surface area is 124 Å². The molecule has 104 valence electrons. The van der Waals surface area contributed by atoms with Crippen LogP contribution in [0.25, 0.3) is 16.6 Å². The molecule has 2 aromatic carbocycles. The Kier molecular flexibility index (Phi) is 2.49. The Bertz CT molecular complexity index is 870. The van der Waals surface area contributed by atoms with Crippen LogP contribution in [-0.4, -0.2) is 4.57 Å². The Morgan fingerprint density at radius 3 is 2.76 bits per heavy atom. The number of benzene rings is 2. The van der Waals surface area contributed by atoms with Gasteiger partial charge in [-0.05, 0) is 36.8 Å². The number of rotatable bonds is 1. The fourth-order valence-corrected chi connectivity index (χ4v) is 3.23. The van der Waals surface area contributed by atoms with E-state index in [2.05, 4.69) is 78.7 Å². The van der Waals surface area contributed by atoms with E-state index in [1.165, 1.54) is 33.3 Å². The van der Waals surface area contributed by atoms with Crippen LogP contribution >= 0.6 is 0 Å². The molecular weight excluding hydrogens is 256 g/mol. The third kappa shape index (κ3) is 1.79. The smallest absolute Gasteiger partial charge is 0.0488 e. The Hall–Kier alpha value is -2.48. The highest BCUT2D eigenvalue weighted by Gasteiger charge is 2.23. The summed E-state index contributed by atoms with van der Waals surface area (Å²) in [6.07, 6.45) is 2.10. The lowest BCUT2D eigenvalue weighted by molar-refractivity contribution is 0.968. The van der Waals surface area contributed by atoms with Gasteiger partial charge in [-0.25, -0.2) is 0 Å². The maximum atomic E-state index is 4.29. The van der Waals surface area contributed by atoms with Gasteiger partial charge in [0.25, 0.3) is 0 Å². The van der Waals surface area contributed by atoms with Crippen LogP contribution in [0.15, 0.2) is 55.2 Å². The summed E-state index contributed by atoms with van der Waals surface area (Å²) in [5.41, 5.74) is 7.52. The second-order valence-corrected chi connectivity index (χ2v) is 5.86. The fourth-order valence-electron chi connectivity index (χ4n) is 3.23. The zero-order valence-corrected chi connectivity index (χ0v) is 12.4. The Balaban J connectivity index is 1.78. The molecule has 2 heterocycles. The number of hydrogen-bond donors (Lipinski definition) is 0. The number of hydrogen-bond acceptors (Lipinski definition) is 1. The molecule has 0 saturated heterocycles. The average Bonchev–Trinajstić information content (AvgIpc) is 3.00. The SMILES string of the molecule is C=C1c2ccc(C)cc2CN1c1ccc2c(ccn2C)c1. The van der Waals surface area contributed by atoms with Crippen molar-refractivity contribution >= 4 is 22.3 Å². The molecule has 2 heteroatoms. The van der Waals surface area contributed by atoms with Gasteiger partial charge in [-0.3, -0.25) is 0 Å². The molecule has 0 fully saturated rings. The average molecular weight is 274 g/mol. The van der Waals surface area contributed by atoms with Crippen molar-refractivity contribution in [2.24, 2.45) is 7.05 Å². The van der Waals surface area contributed by atoms with Gasteiger partial charge in [0.05, 0.1) is 0 Å². The first kappa shape index (κ1) is 12.3. The summed E-state index contributed by atoms with van der Waals surface area (Å²) in [5.74, 6) is 0. The number of aryl methyl sites for hydroxylation is 2. The van der Waals surface area contributed by atoms with Gasteiger partial charge in [-0.15, -0.1) is 0 Å². The summed E-state index contributed by atoms with van der Waals surface area (Å²) < 4.78 is 2.15. The molecule has 0 amide bonds. The molecule has 0 aliphatic carbocycles. The molecule has 1 aliphatic rings. The van der Waals surface area contributed by atoms with Crippen molar-refractivity contribution < 1.29 is 0 Å². The van der Waals surface area contributed by atoms with E-state index in [1.807, 2.05) is 0 Å². The van der Waals surface area contributed by atoms with E-state index >= 15 is 0 Å². The first-order valence-electron chi connectivity index (χ1n) is 7.25. The highest BCUT2D eigenvalue weighted by molar-refractivity contribution is 5.89. The molecular formula is C19H18N2. The van der Waals surface area contributed by atoms with Gasteiger partial charge in [0.15, 0.2) is 0 Å². The number of aromatic nitrogens is 1. The minimum atomic E-state index is 0.911. The first-order chi connectivity index (χ1) is 10.1. The minimum Gasteiger partial charge on any atom is -0.351 e. The van der Waals surface area contributed by atoms with Crippen molar-refractivity contribution in [3.05, 3.63) is 71.9 Å². The molecule has 0 saturated carbocycles. The van der Waals surface area contributed by atoms with Gasteiger partial charge in [0.2, 0.25) is 0 Å². The number of nitrogens with zero attached hydrogens (tertiary/aromatic N) is 2. The summed E-state index contributed by atoms with van der Waals surface area (Å²) in [6.45, 7) is 7.34. The van der Waals surface area contributed by atoms with E-state index in [0.717, 1.165) is 12.2 Å². The van der Waals surface area contributed by atoms with Gasteiger partial charge in [-0.2, -0.15) is 0 Å². The van der Waals surface area contributed by atoms with E-state index in [1.54, 1.807) is 0 Å². The molecule has 0 N–H and O–H groups in total. The third-order valence-electron chi connectivity index (χ3n) is 4.41. The molecule has 0 spiro atoms. The molecule has 0 radical (unpaired) electrons. The maximum absolute atomic E-state index is 4.29. The number of anilines is 1. The van der Waals surface area contributed by atoms with Crippen LogP contribution in [0.4, 0.5) is 5.69 Å². The van der Waals surface area contributed by atoms with Crippen LogP contribution in [0.2, 0.25) is 0 Å². The van der Waals surface area contributed by atoms with E-state index in [9.17, 15) is 0 Å². The van der Waals surface area contributed by atoms with Crippen LogP contribution in [0, 0.1) is 6.92 Å². The molecule has 2 nitrogen and oxygen atoms in total. The molecule has 0 unspecified atom stereocenters. The van der Waals surface area contributed by atoms with Gasteiger partial charge in [-0.1, -0.05) is 30.3 Å². The zero-order valence-electron chi connectivity index (χ0n) is 12.4. The standard InChI is InChI=1S/C19H18N2/c1-13-4-6-18-14(2)21(12-16(18)10-13)17-5-7-19-15(11-17)8-9-20(19)3/h4-11H,2,12H2,1,3H3. The van der Waals surface area contributed by atoms with Crippen molar-refractivity contribution in [2.75, 3.05) is 4.90 Å². The summed E-state index contributed by atoms with van der Waals surface area (Å²) in [6, 6.07) is 15.4. The van der Waals surface area contributed by atoms with Crippen molar-refractivity contribution in [3.8, 4) is 0 Å². The Morgan fingerprint density at radius 1 is 1.05 bits per heavy atom. The highest BCUT2D eigenvalue weighted by atomic mass is 15.2. The Morgan fingerprint density at radius 2 is 1.90 bits per heavy atom. The van der Waals surface area contributed by atoms with E-state index in [-0.39, 0.29) is 0 Å². The van der Waals surface area contributed by atoms with Gasteiger partial charge >= 0.3 is 0 Å². The van der Waals surface area contributed by atoms with E-state index in [4.69, 9.17) is 0 Å². The van der Waals surface area contributed by atoms with E-state index in [0.29, 0.717) is 0 Å². The van der Waals surface area contributed by atoms with Crippen LogP contribution < -0.4 is 4.90 Å². The van der Waals surface area contributed by atoms with Crippen molar-refractivity contribution in [2.45, 2.75) is 13.5 Å². The largest absolute Gasteiger partial charge is 0.351 e. The lowest BCUT2D eigenvalue weighted by Gasteiger charge is -2.19. The third-order valence-corrected chi connectivity index (χ3v) is 4.41. The van der Waals surface area contributed by atoms with Gasteiger partial charge in [0.1, 0.15) is 0 Å². The number of fused-ring (bicyclic) bond motifs is 2. The first-order valence-corrected chi connectivity index (χ1v) is 7.25.